The van der Waals surface area contributed by atoms with Crippen molar-refractivity contribution >= 4 is 18.4 Å². The van der Waals surface area contributed by atoms with Crippen molar-refractivity contribution in [2.24, 2.45) is 5.73 Å². The van der Waals surface area contributed by atoms with E-state index in [0.29, 0.717) is 6.42 Å². The number of ether oxygens (including phenoxy) is 1. The lowest BCUT2D eigenvalue weighted by Gasteiger charge is -2.07. The lowest BCUT2D eigenvalue weighted by molar-refractivity contribution is -0.142. The van der Waals surface area contributed by atoms with Crippen LogP contribution in [0.25, 0.3) is 0 Å². The first kappa shape index (κ1) is 12.0. The maximum absolute atomic E-state index is 11.4. The van der Waals surface area contributed by atoms with Gasteiger partial charge >= 0.3 is 5.97 Å². The number of esters is 1. The highest BCUT2D eigenvalue weighted by molar-refractivity contribution is 5.85. The normalized spacial score (nSPS) is 22.8. The topological polar surface area (TPSA) is 52.3 Å². The van der Waals surface area contributed by atoms with E-state index in [9.17, 15) is 4.79 Å². The molecule has 3 nitrogen and oxygen atoms in total. The number of carbonyl (C=O) groups excluding carboxylic acids is 1. The van der Waals surface area contributed by atoms with E-state index in [1.165, 1.54) is 7.11 Å². The van der Waals surface area contributed by atoms with Gasteiger partial charge in [0.1, 0.15) is 0 Å². The number of rotatable bonds is 1. The third kappa shape index (κ3) is 1.98. The number of hydrogen-bond acceptors (Lipinski definition) is 3. The Labute approximate surface area is 95.0 Å². The van der Waals surface area contributed by atoms with Crippen LogP contribution in [-0.2, 0) is 9.53 Å². The Morgan fingerprint density at radius 1 is 1.40 bits per heavy atom. The van der Waals surface area contributed by atoms with Gasteiger partial charge in [-0.3, -0.25) is 4.79 Å². The fraction of sp³-hybridized carbons (Fsp3) is 0.364. The van der Waals surface area contributed by atoms with Gasteiger partial charge in [0.25, 0.3) is 0 Å². The van der Waals surface area contributed by atoms with Crippen LogP contribution >= 0.6 is 12.4 Å². The highest BCUT2D eigenvalue weighted by Gasteiger charge is 2.33. The molecule has 1 aliphatic rings. The van der Waals surface area contributed by atoms with E-state index in [0.717, 1.165) is 11.1 Å². The summed E-state index contributed by atoms with van der Waals surface area (Å²) in [5.74, 6) is -0.364. The summed E-state index contributed by atoms with van der Waals surface area (Å²) in [5.41, 5.74) is 8.01. The van der Waals surface area contributed by atoms with Gasteiger partial charge in [0.15, 0.2) is 0 Å². The van der Waals surface area contributed by atoms with Crippen LogP contribution in [0, 0.1) is 0 Å². The molecular weight excluding hydrogens is 214 g/mol. The van der Waals surface area contributed by atoms with Crippen molar-refractivity contribution in [1.82, 2.24) is 0 Å². The average Bonchev–Trinajstić information content (AvgIpc) is 2.56. The molecule has 82 valence electrons. The summed E-state index contributed by atoms with van der Waals surface area (Å²) in [5, 5.41) is 0. The zero-order valence-electron chi connectivity index (χ0n) is 8.47. The molecule has 0 aliphatic heterocycles. The Balaban J connectivity index is 0.00000112. The summed E-state index contributed by atoms with van der Waals surface area (Å²) >= 11 is 0. The summed E-state index contributed by atoms with van der Waals surface area (Å²) in [6.45, 7) is 0. The molecule has 0 heterocycles. The molecule has 0 aromatic heterocycles. The van der Waals surface area contributed by atoms with E-state index in [-0.39, 0.29) is 30.3 Å². The summed E-state index contributed by atoms with van der Waals surface area (Å²) in [6.07, 6.45) is 0.659. The summed E-state index contributed by atoms with van der Waals surface area (Å²) in [7, 11) is 1.41. The number of hydrogen-bond donors (Lipinski definition) is 1. The quantitative estimate of drug-likeness (QED) is 0.744. The van der Waals surface area contributed by atoms with E-state index in [1.54, 1.807) is 0 Å². The monoisotopic (exact) mass is 227 g/mol. The molecule has 0 amide bonds. The number of fused-ring (bicyclic) bond motifs is 1. The van der Waals surface area contributed by atoms with E-state index in [2.05, 4.69) is 0 Å². The van der Waals surface area contributed by atoms with Crippen LogP contribution < -0.4 is 5.73 Å². The Kier molecular flexibility index (Phi) is 3.72. The Hall–Kier alpha value is -1.06. The minimum Gasteiger partial charge on any atom is -0.469 e. The van der Waals surface area contributed by atoms with Gasteiger partial charge in [0.05, 0.1) is 13.0 Å². The van der Waals surface area contributed by atoms with Crippen molar-refractivity contribution < 1.29 is 9.53 Å². The van der Waals surface area contributed by atoms with Crippen molar-refractivity contribution in [1.29, 1.82) is 0 Å². The van der Waals surface area contributed by atoms with Gasteiger partial charge in [-0.25, -0.2) is 0 Å². The summed E-state index contributed by atoms with van der Waals surface area (Å²) in [4.78, 5) is 11.4. The molecule has 1 aliphatic carbocycles. The van der Waals surface area contributed by atoms with Crippen molar-refractivity contribution in [2.45, 2.75) is 18.4 Å². The van der Waals surface area contributed by atoms with Crippen LogP contribution in [0.3, 0.4) is 0 Å². The third-order valence-corrected chi connectivity index (χ3v) is 2.75. The minimum absolute atomic E-state index is 0. The van der Waals surface area contributed by atoms with Crippen LogP contribution in [0.1, 0.15) is 29.5 Å². The Bertz CT molecular complexity index is 367. The maximum Gasteiger partial charge on any atom is 0.313 e. The number of carbonyl (C=O) groups is 1. The average molecular weight is 228 g/mol. The lowest BCUT2D eigenvalue weighted by Crippen LogP contribution is -2.12. The molecular formula is C11H14ClNO2. The molecule has 0 saturated carbocycles. The first-order chi connectivity index (χ1) is 6.74. The molecule has 2 N–H and O–H groups in total. The largest absolute Gasteiger partial charge is 0.469 e. The second-order valence-electron chi connectivity index (χ2n) is 3.55. The molecule has 0 saturated heterocycles. The maximum atomic E-state index is 11.4. The van der Waals surface area contributed by atoms with Crippen LogP contribution in [0.4, 0.5) is 0 Å². The highest BCUT2D eigenvalue weighted by Crippen LogP contribution is 2.39. The number of nitrogens with two attached hydrogens (primary N) is 1. The zero-order chi connectivity index (χ0) is 10.1. The van der Waals surface area contributed by atoms with E-state index < -0.39 is 0 Å². The van der Waals surface area contributed by atoms with Crippen molar-refractivity contribution in [3.63, 3.8) is 0 Å². The Morgan fingerprint density at radius 3 is 2.60 bits per heavy atom. The van der Waals surface area contributed by atoms with Crippen LogP contribution in [-0.4, -0.2) is 13.1 Å². The predicted molar refractivity (Wildman–Crippen MR) is 60.0 cm³/mol. The fourth-order valence-electron chi connectivity index (χ4n) is 2.04. The fourth-order valence-corrected chi connectivity index (χ4v) is 2.04. The van der Waals surface area contributed by atoms with Gasteiger partial charge in [-0.1, -0.05) is 24.3 Å². The summed E-state index contributed by atoms with van der Waals surface area (Å²) < 4.78 is 4.74. The second kappa shape index (κ2) is 4.64. The van der Waals surface area contributed by atoms with Gasteiger partial charge < -0.3 is 10.5 Å². The van der Waals surface area contributed by atoms with Gasteiger partial charge in [0.2, 0.25) is 0 Å². The number of benzene rings is 1. The molecule has 15 heavy (non-hydrogen) atoms. The third-order valence-electron chi connectivity index (χ3n) is 2.75. The molecule has 0 fully saturated rings. The Morgan fingerprint density at radius 2 is 2.00 bits per heavy atom. The van der Waals surface area contributed by atoms with Gasteiger partial charge in [-0.05, 0) is 17.5 Å². The molecule has 2 rings (SSSR count). The second-order valence-corrected chi connectivity index (χ2v) is 3.55. The van der Waals surface area contributed by atoms with Gasteiger partial charge in [-0.15, -0.1) is 12.4 Å². The molecule has 0 spiro atoms. The van der Waals surface area contributed by atoms with E-state index in [1.807, 2.05) is 24.3 Å². The van der Waals surface area contributed by atoms with Crippen molar-refractivity contribution in [2.75, 3.05) is 7.11 Å². The smallest absolute Gasteiger partial charge is 0.313 e. The molecule has 1 unspecified atom stereocenters. The molecule has 4 heteroatoms. The van der Waals surface area contributed by atoms with E-state index >= 15 is 0 Å². The van der Waals surface area contributed by atoms with Crippen LogP contribution in [0.15, 0.2) is 24.3 Å². The van der Waals surface area contributed by atoms with Crippen molar-refractivity contribution in [3.05, 3.63) is 35.4 Å². The molecule has 2 atom stereocenters. The SMILES string of the molecule is COC(=O)C1C[C@H](N)c2ccccc21.Cl. The number of methoxy groups -OCH3 is 1. The molecule has 0 bridgehead atoms. The van der Waals surface area contributed by atoms with Crippen LogP contribution in [0.2, 0.25) is 0 Å². The lowest BCUT2D eigenvalue weighted by atomic mass is 10.0. The number of halogens is 1. The minimum atomic E-state index is -0.189. The van der Waals surface area contributed by atoms with Gasteiger partial charge in [0, 0.05) is 6.04 Å². The molecule has 0 radical (unpaired) electrons. The standard InChI is InChI=1S/C11H13NO2.ClH/c1-14-11(13)9-6-10(12)8-5-3-2-4-7(8)9;/h2-5,9-10H,6,12H2,1H3;1H/t9?,10-;/m0./s1. The molecule has 1 aromatic rings. The van der Waals surface area contributed by atoms with Crippen molar-refractivity contribution in [3.8, 4) is 0 Å². The van der Waals surface area contributed by atoms with Gasteiger partial charge in [-0.2, -0.15) is 0 Å². The van der Waals surface area contributed by atoms with Crippen LogP contribution in [0.5, 0.6) is 0 Å². The zero-order valence-corrected chi connectivity index (χ0v) is 9.29. The van der Waals surface area contributed by atoms with E-state index in [4.69, 9.17) is 10.5 Å². The summed E-state index contributed by atoms with van der Waals surface area (Å²) in [6, 6.07) is 7.76. The predicted octanol–water partition coefficient (Wildman–Crippen LogP) is 1.77. The highest BCUT2D eigenvalue weighted by atomic mass is 35.5. The first-order valence-corrected chi connectivity index (χ1v) is 4.66. The first-order valence-electron chi connectivity index (χ1n) is 4.66. The molecule has 1 aromatic carbocycles.